The van der Waals surface area contributed by atoms with E-state index in [0.29, 0.717) is 12.5 Å². The van der Waals surface area contributed by atoms with E-state index in [1.165, 1.54) is 5.56 Å². The van der Waals surface area contributed by atoms with Gasteiger partial charge in [-0.15, -0.1) is 0 Å². The maximum atomic E-state index is 12.6. The molecule has 0 saturated carbocycles. The topological polar surface area (TPSA) is 58.6 Å². The largest absolute Gasteiger partial charge is 0.508 e. The first-order valence-corrected chi connectivity index (χ1v) is 9.13. The van der Waals surface area contributed by atoms with Gasteiger partial charge in [0.15, 0.2) is 0 Å². The molecule has 0 aliphatic carbocycles. The lowest BCUT2D eigenvalue weighted by Gasteiger charge is -2.21. The van der Waals surface area contributed by atoms with Crippen molar-refractivity contribution >= 4 is 5.97 Å². The van der Waals surface area contributed by atoms with Gasteiger partial charge in [0.25, 0.3) is 0 Å². The van der Waals surface area contributed by atoms with Crippen LogP contribution in [-0.4, -0.2) is 24.7 Å². The van der Waals surface area contributed by atoms with E-state index in [1.807, 2.05) is 25.1 Å². The first-order chi connectivity index (χ1) is 12.4. The number of hydrogen-bond acceptors (Lipinski definition) is 4. The number of rotatable bonds is 8. The number of carbonyl (C=O) groups is 1. The van der Waals surface area contributed by atoms with Crippen LogP contribution >= 0.6 is 0 Å². The summed E-state index contributed by atoms with van der Waals surface area (Å²) >= 11 is 0. The first kappa shape index (κ1) is 20.0. The number of phenols is 1. The quantitative estimate of drug-likeness (QED) is 0.697. The monoisotopic (exact) mass is 355 g/mol. The van der Waals surface area contributed by atoms with Gasteiger partial charge < -0.3 is 15.2 Å². The van der Waals surface area contributed by atoms with Gasteiger partial charge in [0.2, 0.25) is 0 Å². The molecule has 0 aromatic heterocycles. The highest BCUT2D eigenvalue weighted by Gasteiger charge is 2.22. The van der Waals surface area contributed by atoms with Gasteiger partial charge in [-0.25, -0.2) is 0 Å². The lowest BCUT2D eigenvalue weighted by atomic mass is 9.97. The van der Waals surface area contributed by atoms with Crippen molar-refractivity contribution in [2.45, 2.75) is 39.2 Å². The molecule has 2 aromatic rings. The molecule has 4 nitrogen and oxygen atoms in total. The molecular weight excluding hydrogens is 326 g/mol. The molecule has 0 spiro atoms. The second-order valence-electron chi connectivity index (χ2n) is 7.14. The molecule has 0 fully saturated rings. The number of esters is 1. The Labute approximate surface area is 156 Å². The number of carbonyl (C=O) groups excluding carboxylic acids is 1. The van der Waals surface area contributed by atoms with E-state index in [-0.39, 0.29) is 17.6 Å². The maximum Gasteiger partial charge on any atom is 0.313 e. The van der Waals surface area contributed by atoms with Gasteiger partial charge in [-0.3, -0.25) is 4.79 Å². The number of ether oxygens (including phenoxy) is 1. The lowest BCUT2D eigenvalue weighted by molar-refractivity contribution is -0.150. The van der Waals surface area contributed by atoms with Gasteiger partial charge in [0.05, 0.1) is 5.92 Å². The van der Waals surface area contributed by atoms with Crippen molar-refractivity contribution in [1.29, 1.82) is 0 Å². The van der Waals surface area contributed by atoms with Crippen molar-refractivity contribution in [3.05, 3.63) is 65.2 Å². The molecule has 26 heavy (non-hydrogen) atoms. The standard InChI is InChI=1S/C22H29NO3/c1-15(2)12-17-8-10-18(11-9-17)16(3)22(25)26-21(14-23-4)19-6-5-7-20(24)13-19/h5-11,13,15-16,21,23-24H,12,14H2,1-4H3/t16?,21-/m0/s1. The summed E-state index contributed by atoms with van der Waals surface area (Å²) in [6.07, 6.45) is 0.586. The van der Waals surface area contributed by atoms with Gasteiger partial charge in [0, 0.05) is 6.54 Å². The van der Waals surface area contributed by atoms with Gasteiger partial charge in [0.1, 0.15) is 11.9 Å². The van der Waals surface area contributed by atoms with Crippen LogP contribution in [0.25, 0.3) is 0 Å². The van der Waals surface area contributed by atoms with E-state index in [1.54, 1.807) is 25.2 Å². The van der Waals surface area contributed by atoms with E-state index in [2.05, 4.69) is 31.3 Å². The van der Waals surface area contributed by atoms with Crippen LogP contribution in [0, 0.1) is 5.92 Å². The fourth-order valence-electron chi connectivity index (χ4n) is 2.93. The lowest BCUT2D eigenvalue weighted by Crippen LogP contribution is -2.24. The first-order valence-electron chi connectivity index (χ1n) is 9.13. The van der Waals surface area contributed by atoms with E-state index < -0.39 is 6.10 Å². The summed E-state index contributed by atoms with van der Waals surface area (Å²) < 4.78 is 5.73. The molecule has 140 valence electrons. The van der Waals surface area contributed by atoms with Gasteiger partial charge in [-0.2, -0.15) is 0 Å². The third kappa shape index (κ3) is 5.60. The van der Waals surface area contributed by atoms with Crippen LogP contribution in [-0.2, 0) is 16.0 Å². The summed E-state index contributed by atoms with van der Waals surface area (Å²) in [7, 11) is 1.81. The Morgan fingerprint density at radius 1 is 1.08 bits per heavy atom. The van der Waals surface area contributed by atoms with E-state index in [9.17, 15) is 9.90 Å². The zero-order valence-electron chi connectivity index (χ0n) is 16.0. The second-order valence-corrected chi connectivity index (χ2v) is 7.14. The highest BCUT2D eigenvalue weighted by atomic mass is 16.5. The maximum absolute atomic E-state index is 12.6. The minimum absolute atomic E-state index is 0.161. The molecule has 0 heterocycles. The van der Waals surface area contributed by atoms with Crippen LogP contribution in [0.4, 0.5) is 0 Å². The van der Waals surface area contributed by atoms with Crippen molar-refractivity contribution in [2.24, 2.45) is 5.92 Å². The molecule has 0 amide bonds. The SMILES string of the molecule is CNC[C@H](OC(=O)C(C)c1ccc(CC(C)C)cc1)c1cccc(O)c1. The van der Waals surface area contributed by atoms with Crippen LogP contribution in [0.1, 0.15) is 49.5 Å². The Morgan fingerprint density at radius 3 is 2.35 bits per heavy atom. The van der Waals surface area contributed by atoms with Crippen LogP contribution < -0.4 is 5.32 Å². The van der Waals surface area contributed by atoms with Gasteiger partial charge >= 0.3 is 5.97 Å². The Kier molecular flexibility index (Phi) is 7.22. The van der Waals surface area contributed by atoms with Crippen molar-refractivity contribution in [3.63, 3.8) is 0 Å². The van der Waals surface area contributed by atoms with E-state index in [4.69, 9.17) is 4.74 Å². The highest BCUT2D eigenvalue weighted by Crippen LogP contribution is 2.25. The van der Waals surface area contributed by atoms with Crippen LogP contribution in [0.15, 0.2) is 48.5 Å². The van der Waals surface area contributed by atoms with Gasteiger partial charge in [-0.1, -0.05) is 50.2 Å². The van der Waals surface area contributed by atoms with Crippen LogP contribution in [0.2, 0.25) is 0 Å². The number of benzene rings is 2. The molecule has 2 rings (SSSR count). The van der Waals surface area contributed by atoms with Gasteiger partial charge in [-0.05, 0) is 55.1 Å². The molecule has 0 aliphatic heterocycles. The number of nitrogens with one attached hydrogen (secondary N) is 1. The summed E-state index contributed by atoms with van der Waals surface area (Å²) in [6, 6.07) is 15.0. The number of phenolic OH excluding ortho intramolecular Hbond substituents is 1. The van der Waals surface area contributed by atoms with Crippen molar-refractivity contribution in [3.8, 4) is 5.75 Å². The minimum Gasteiger partial charge on any atom is -0.508 e. The number of likely N-dealkylation sites (N-methyl/N-ethyl adjacent to an activating group) is 1. The van der Waals surface area contributed by atoms with Crippen LogP contribution in [0.3, 0.4) is 0 Å². The zero-order valence-corrected chi connectivity index (χ0v) is 16.0. The van der Waals surface area contributed by atoms with E-state index in [0.717, 1.165) is 17.5 Å². The normalized spacial score (nSPS) is 13.4. The molecule has 0 aliphatic rings. The molecule has 0 radical (unpaired) electrons. The molecule has 4 heteroatoms. The fraction of sp³-hybridized carbons (Fsp3) is 0.409. The van der Waals surface area contributed by atoms with Crippen molar-refractivity contribution < 1.29 is 14.6 Å². The van der Waals surface area contributed by atoms with Crippen LogP contribution in [0.5, 0.6) is 5.75 Å². The predicted octanol–water partition coefficient (Wildman–Crippen LogP) is 4.20. The average molecular weight is 355 g/mol. The Balaban J connectivity index is 2.08. The number of hydrogen-bond donors (Lipinski definition) is 2. The molecule has 2 aromatic carbocycles. The summed E-state index contributed by atoms with van der Waals surface area (Å²) in [4.78, 5) is 12.6. The summed E-state index contributed by atoms with van der Waals surface area (Å²) in [5.41, 5.74) is 2.99. The average Bonchev–Trinajstić information content (AvgIpc) is 2.61. The predicted molar refractivity (Wildman–Crippen MR) is 104 cm³/mol. The summed E-state index contributed by atoms with van der Waals surface area (Å²) in [5, 5.41) is 12.7. The molecule has 2 N–H and O–H groups in total. The Hall–Kier alpha value is -2.33. The third-order valence-electron chi connectivity index (χ3n) is 4.37. The fourth-order valence-corrected chi connectivity index (χ4v) is 2.93. The van der Waals surface area contributed by atoms with Crippen molar-refractivity contribution in [1.82, 2.24) is 5.32 Å². The highest BCUT2D eigenvalue weighted by molar-refractivity contribution is 5.78. The smallest absolute Gasteiger partial charge is 0.313 e. The molecule has 1 unspecified atom stereocenters. The Bertz CT molecular complexity index is 710. The number of aromatic hydroxyl groups is 1. The molecule has 0 saturated heterocycles. The molecule has 2 atom stereocenters. The summed E-state index contributed by atoms with van der Waals surface area (Å²) in [6.45, 7) is 6.72. The molecular formula is C22H29NO3. The Morgan fingerprint density at radius 2 is 1.77 bits per heavy atom. The summed E-state index contributed by atoms with van der Waals surface area (Å²) in [5.74, 6) is 0.145. The van der Waals surface area contributed by atoms with Crippen molar-refractivity contribution in [2.75, 3.05) is 13.6 Å². The second kappa shape index (κ2) is 9.39. The minimum atomic E-state index is -0.442. The third-order valence-corrected chi connectivity index (χ3v) is 4.37. The molecule has 0 bridgehead atoms. The zero-order chi connectivity index (χ0) is 19.1. The van der Waals surface area contributed by atoms with E-state index >= 15 is 0 Å².